The van der Waals surface area contributed by atoms with E-state index in [-0.39, 0.29) is 6.29 Å². The van der Waals surface area contributed by atoms with Crippen molar-refractivity contribution in [2.75, 3.05) is 6.61 Å². The fraction of sp³-hybridized carbons (Fsp3) is 0.750. The Labute approximate surface area is 132 Å². The number of aliphatic hydroxyl groups is 5. The molecule has 0 unspecified atom stereocenters. The lowest BCUT2D eigenvalue weighted by molar-refractivity contribution is -0.140. The molecule has 0 aromatic carbocycles. The van der Waals surface area contributed by atoms with Crippen molar-refractivity contribution in [2.24, 2.45) is 5.73 Å². The average molecular weight is 340 g/mol. The quantitative estimate of drug-likeness (QED) is 0.198. The third-order valence-corrected chi connectivity index (χ3v) is 2.62. The van der Waals surface area contributed by atoms with Crippen LogP contribution in [0.25, 0.3) is 0 Å². The molecule has 0 aliphatic rings. The Morgan fingerprint density at radius 1 is 1.17 bits per heavy atom. The minimum Gasteiger partial charge on any atom is -0.480 e. The fourth-order valence-electron chi connectivity index (χ4n) is 1.19. The van der Waals surface area contributed by atoms with Crippen molar-refractivity contribution in [1.29, 1.82) is 0 Å². The number of carbonyl (C=O) groups excluding carboxylic acids is 2. The van der Waals surface area contributed by atoms with Crippen LogP contribution in [0.1, 0.15) is 13.8 Å². The lowest BCUT2D eigenvalue weighted by Crippen LogP contribution is -2.53. The van der Waals surface area contributed by atoms with Gasteiger partial charge in [-0.05, 0) is 6.92 Å². The smallest absolute Gasteiger partial charge is 0.323 e. The van der Waals surface area contributed by atoms with Gasteiger partial charge < -0.3 is 46.5 Å². The number of hydrogen-bond acceptors (Lipinski definition) is 9. The largest absolute Gasteiger partial charge is 0.480 e. The molecule has 6 atom stereocenters. The molecule has 0 rings (SSSR count). The van der Waals surface area contributed by atoms with E-state index in [1.807, 2.05) is 0 Å². The van der Waals surface area contributed by atoms with E-state index in [4.69, 9.17) is 26.2 Å². The Balaban J connectivity index is 0. The second-order valence-corrected chi connectivity index (χ2v) is 4.70. The van der Waals surface area contributed by atoms with Gasteiger partial charge in [-0.2, -0.15) is 0 Å². The molecule has 136 valence electrons. The summed E-state index contributed by atoms with van der Waals surface area (Å²) < 4.78 is 0. The van der Waals surface area contributed by atoms with Gasteiger partial charge in [-0.3, -0.25) is 9.59 Å². The van der Waals surface area contributed by atoms with E-state index in [0.717, 1.165) is 6.92 Å². The first-order chi connectivity index (χ1) is 10.5. The normalized spacial score (nSPS) is 18.3. The van der Waals surface area contributed by atoms with Crippen LogP contribution in [-0.4, -0.2) is 91.9 Å². The van der Waals surface area contributed by atoms with Crippen molar-refractivity contribution in [3.05, 3.63) is 0 Å². The molecule has 0 saturated carbocycles. The van der Waals surface area contributed by atoms with Gasteiger partial charge >= 0.3 is 5.97 Å². The van der Waals surface area contributed by atoms with E-state index >= 15 is 0 Å². The summed E-state index contributed by atoms with van der Waals surface area (Å²) in [5.74, 6) is -1.74. The van der Waals surface area contributed by atoms with E-state index in [9.17, 15) is 24.6 Å². The van der Waals surface area contributed by atoms with Crippen LogP contribution in [0.3, 0.4) is 0 Å². The molecule has 0 heterocycles. The summed E-state index contributed by atoms with van der Waals surface area (Å²) in [6, 6.07) is -2.48. The molecule has 0 radical (unpaired) electrons. The maximum absolute atomic E-state index is 10.6. The number of carboxylic acids is 1. The van der Waals surface area contributed by atoms with Crippen LogP contribution in [0.4, 0.5) is 0 Å². The molecular formula is C12H24N2O9. The number of aliphatic hydroxyl groups excluding tert-OH is 5. The molecule has 0 aromatic rings. The van der Waals surface area contributed by atoms with Crippen molar-refractivity contribution >= 4 is 18.2 Å². The second-order valence-electron chi connectivity index (χ2n) is 4.70. The third kappa shape index (κ3) is 9.89. The predicted molar refractivity (Wildman–Crippen MR) is 76.1 cm³/mol. The van der Waals surface area contributed by atoms with Gasteiger partial charge in [0.25, 0.3) is 0 Å². The molecule has 0 aromatic heterocycles. The molecular weight excluding hydrogens is 316 g/mol. The highest BCUT2D eigenvalue weighted by atomic mass is 16.4. The molecule has 0 fully saturated rings. The highest BCUT2D eigenvalue weighted by Gasteiger charge is 2.31. The summed E-state index contributed by atoms with van der Waals surface area (Å²) >= 11 is 0. The number of nitrogens with two attached hydrogens (primary N) is 1. The van der Waals surface area contributed by atoms with Gasteiger partial charge in [-0.1, -0.05) is 0 Å². The number of nitrogens with one attached hydrogen (secondary N) is 1. The summed E-state index contributed by atoms with van der Waals surface area (Å²) in [5, 5.41) is 54.7. The lowest BCUT2D eigenvalue weighted by atomic mass is 10.0. The first-order valence-electron chi connectivity index (χ1n) is 6.53. The SMILES string of the molecule is CC(=O)N[C@@H](C=O)[C@@H](O)[C@@H](O)[C@H](O)CO.C[C@@H](O)[C@H](N)C(=O)O. The zero-order valence-electron chi connectivity index (χ0n) is 12.7. The molecule has 0 spiro atoms. The van der Waals surface area contributed by atoms with E-state index in [1.54, 1.807) is 0 Å². The Bertz CT molecular complexity index is 378. The van der Waals surface area contributed by atoms with Gasteiger partial charge in [0.05, 0.1) is 12.7 Å². The Kier molecular flexibility index (Phi) is 12.2. The van der Waals surface area contributed by atoms with Gasteiger partial charge in [-0.25, -0.2) is 0 Å². The Morgan fingerprint density at radius 2 is 1.65 bits per heavy atom. The van der Waals surface area contributed by atoms with Crippen molar-refractivity contribution in [3.8, 4) is 0 Å². The van der Waals surface area contributed by atoms with Crippen molar-refractivity contribution in [3.63, 3.8) is 0 Å². The van der Waals surface area contributed by atoms with Gasteiger partial charge in [0.2, 0.25) is 5.91 Å². The molecule has 11 heteroatoms. The van der Waals surface area contributed by atoms with Gasteiger partial charge in [0.1, 0.15) is 36.7 Å². The van der Waals surface area contributed by atoms with E-state index in [2.05, 4.69) is 5.32 Å². The number of amides is 1. The number of carbonyl (C=O) groups is 3. The zero-order valence-corrected chi connectivity index (χ0v) is 12.7. The Morgan fingerprint density at radius 3 is 1.87 bits per heavy atom. The van der Waals surface area contributed by atoms with Crippen molar-refractivity contribution in [1.82, 2.24) is 5.32 Å². The number of aldehydes is 1. The predicted octanol–water partition coefficient (Wildman–Crippen LogP) is -4.46. The van der Waals surface area contributed by atoms with Crippen LogP contribution < -0.4 is 11.1 Å². The zero-order chi connectivity index (χ0) is 18.7. The first kappa shape index (κ1) is 23.6. The summed E-state index contributed by atoms with van der Waals surface area (Å²) in [7, 11) is 0. The van der Waals surface area contributed by atoms with Crippen LogP contribution in [0.2, 0.25) is 0 Å². The van der Waals surface area contributed by atoms with E-state index in [1.165, 1.54) is 6.92 Å². The number of carboxylic acid groups (broad SMARTS) is 1. The van der Waals surface area contributed by atoms with Gasteiger partial charge in [0, 0.05) is 6.92 Å². The maximum Gasteiger partial charge on any atom is 0.323 e. The fourth-order valence-corrected chi connectivity index (χ4v) is 1.19. The van der Waals surface area contributed by atoms with Crippen LogP contribution >= 0.6 is 0 Å². The lowest BCUT2D eigenvalue weighted by Gasteiger charge is -2.25. The number of rotatable bonds is 8. The number of hydrogen-bond donors (Lipinski definition) is 8. The maximum atomic E-state index is 10.6. The summed E-state index contributed by atoms with van der Waals surface area (Å²) in [5.41, 5.74) is 4.91. The van der Waals surface area contributed by atoms with E-state index < -0.39 is 55.0 Å². The molecule has 0 bridgehead atoms. The highest BCUT2D eigenvalue weighted by Crippen LogP contribution is 2.03. The van der Waals surface area contributed by atoms with Gasteiger partial charge in [0.15, 0.2) is 0 Å². The van der Waals surface area contributed by atoms with Gasteiger partial charge in [-0.15, -0.1) is 0 Å². The standard InChI is InChI=1S/C8H15NO6.C4H9NO3/c1-4(12)9-5(2-10)7(14)8(15)6(13)3-11;1-2(6)3(5)4(7)8/h2,5-8,11,13-15H,3H2,1H3,(H,9,12);2-3,6H,5H2,1H3,(H,7,8)/t5-,6+,7+,8-;2-,3+/m01/s1. The van der Waals surface area contributed by atoms with Crippen molar-refractivity contribution < 1.29 is 45.0 Å². The third-order valence-electron chi connectivity index (χ3n) is 2.62. The van der Waals surface area contributed by atoms with E-state index in [0.29, 0.717) is 0 Å². The minimum atomic E-state index is -1.71. The minimum absolute atomic E-state index is 0.235. The first-order valence-corrected chi connectivity index (χ1v) is 6.53. The molecule has 0 aliphatic carbocycles. The second kappa shape index (κ2) is 11.9. The molecule has 11 nitrogen and oxygen atoms in total. The molecule has 1 amide bonds. The Hall–Kier alpha value is -1.63. The molecule has 9 N–H and O–H groups in total. The molecule has 0 aliphatic heterocycles. The summed E-state index contributed by atoms with van der Waals surface area (Å²) in [4.78, 5) is 30.9. The highest BCUT2D eigenvalue weighted by molar-refractivity contribution is 5.77. The summed E-state index contributed by atoms with van der Waals surface area (Å²) in [6.45, 7) is 1.71. The summed E-state index contributed by atoms with van der Waals surface area (Å²) in [6.07, 6.45) is -5.70. The van der Waals surface area contributed by atoms with Crippen LogP contribution in [-0.2, 0) is 14.4 Å². The average Bonchev–Trinajstić information content (AvgIpc) is 2.49. The molecule has 23 heavy (non-hydrogen) atoms. The molecule has 0 saturated heterocycles. The monoisotopic (exact) mass is 340 g/mol. The van der Waals surface area contributed by atoms with Crippen LogP contribution in [0, 0.1) is 0 Å². The van der Waals surface area contributed by atoms with Crippen LogP contribution in [0.15, 0.2) is 0 Å². The van der Waals surface area contributed by atoms with Crippen molar-refractivity contribution in [2.45, 2.75) is 50.3 Å². The number of aliphatic carboxylic acids is 1. The van der Waals surface area contributed by atoms with Crippen LogP contribution in [0.5, 0.6) is 0 Å². The topological polar surface area (TPSA) is 211 Å².